The molecular weight excluding hydrogens is 346 g/mol. The van der Waals surface area contributed by atoms with Crippen LogP contribution in [0.15, 0.2) is 54.7 Å². The van der Waals surface area contributed by atoms with Crippen molar-refractivity contribution in [1.29, 1.82) is 0 Å². The summed E-state index contributed by atoms with van der Waals surface area (Å²) < 4.78 is 13.0. The van der Waals surface area contributed by atoms with Crippen molar-refractivity contribution in [2.75, 3.05) is 13.7 Å². The number of aliphatic hydroxyl groups is 3. The smallest absolute Gasteiger partial charge is 0.118 e. The average Bonchev–Trinajstić information content (AvgIpc) is 3.05. The fourth-order valence-electron chi connectivity index (χ4n) is 3.64. The maximum Gasteiger partial charge on any atom is 0.118 e. The van der Waals surface area contributed by atoms with Crippen LogP contribution in [0.1, 0.15) is 17.2 Å². The molecule has 3 N–H and O–H groups in total. The van der Waals surface area contributed by atoms with Crippen LogP contribution in [0.5, 0.6) is 5.75 Å². The summed E-state index contributed by atoms with van der Waals surface area (Å²) in [6.07, 6.45) is -2.23. The molecule has 0 unspecified atom stereocenters. The molecule has 0 aliphatic carbocycles. The molecule has 0 amide bonds. The molecule has 1 fully saturated rings. The van der Waals surface area contributed by atoms with E-state index in [-0.39, 0.29) is 6.61 Å². The molecular formula is C21H23NO5. The maximum atomic E-state index is 10.4. The number of methoxy groups -OCH3 is 1. The zero-order valence-electron chi connectivity index (χ0n) is 15.0. The van der Waals surface area contributed by atoms with Gasteiger partial charge in [-0.2, -0.15) is 0 Å². The SMILES string of the molecule is COc1ccc(Cn2cc([C@@H]3OC[C@@H](O)[C@H](O)[C@H]3O)c3ccccc32)cc1. The lowest BCUT2D eigenvalue weighted by Gasteiger charge is -2.35. The number of hydrogen-bond donors (Lipinski definition) is 3. The minimum Gasteiger partial charge on any atom is -0.497 e. The first-order chi connectivity index (χ1) is 13.1. The van der Waals surface area contributed by atoms with Crippen molar-refractivity contribution in [3.8, 4) is 5.75 Å². The predicted octanol–water partition coefficient (Wildman–Crippen LogP) is 1.85. The molecule has 0 radical (unpaired) electrons. The van der Waals surface area contributed by atoms with Crippen LogP contribution in [0.4, 0.5) is 0 Å². The molecule has 4 rings (SSSR count). The molecule has 1 aromatic heterocycles. The van der Waals surface area contributed by atoms with E-state index < -0.39 is 24.4 Å². The van der Waals surface area contributed by atoms with Crippen LogP contribution in [0, 0.1) is 0 Å². The number of ether oxygens (including phenoxy) is 2. The standard InChI is InChI=1S/C21H23NO5/c1-26-14-8-6-13(7-9-14)10-22-11-16(15-4-2-3-5-17(15)22)21-20(25)19(24)18(23)12-27-21/h2-9,11,18-21,23-25H,10,12H2,1H3/t18-,19+,20-,21+/m1/s1. The molecule has 6 nitrogen and oxygen atoms in total. The fourth-order valence-corrected chi connectivity index (χ4v) is 3.64. The van der Waals surface area contributed by atoms with Gasteiger partial charge < -0.3 is 29.4 Å². The molecule has 1 saturated heterocycles. The number of fused-ring (bicyclic) bond motifs is 1. The normalized spacial score (nSPS) is 25.6. The maximum absolute atomic E-state index is 10.4. The van der Waals surface area contributed by atoms with Gasteiger partial charge in [0.05, 0.1) is 13.7 Å². The second-order valence-corrected chi connectivity index (χ2v) is 6.88. The summed E-state index contributed by atoms with van der Waals surface area (Å²) in [6.45, 7) is 0.638. The second-order valence-electron chi connectivity index (χ2n) is 6.88. The lowest BCUT2D eigenvalue weighted by molar-refractivity contribution is -0.188. The first kappa shape index (κ1) is 18.0. The van der Waals surface area contributed by atoms with Crippen LogP contribution in [0.2, 0.25) is 0 Å². The number of nitrogens with zero attached hydrogens (tertiary/aromatic N) is 1. The van der Waals surface area contributed by atoms with Crippen molar-refractivity contribution in [1.82, 2.24) is 4.57 Å². The van der Waals surface area contributed by atoms with Crippen LogP contribution < -0.4 is 4.74 Å². The van der Waals surface area contributed by atoms with E-state index in [9.17, 15) is 15.3 Å². The number of rotatable bonds is 4. The average molecular weight is 369 g/mol. The van der Waals surface area contributed by atoms with Crippen molar-refractivity contribution in [2.24, 2.45) is 0 Å². The summed E-state index contributed by atoms with van der Waals surface area (Å²) in [6, 6.07) is 15.8. The van der Waals surface area contributed by atoms with E-state index in [1.807, 2.05) is 54.7 Å². The highest BCUT2D eigenvalue weighted by Gasteiger charge is 2.39. The van der Waals surface area contributed by atoms with Gasteiger partial charge in [-0.25, -0.2) is 0 Å². The number of para-hydroxylation sites is 1. The van der Waals surface area contributed by atoms with Crippen molar-refractivity contribution in [3.05, 3.63) is 65.9 Å². The zero-order chi connectivity index (χ0) is 19.0. The summed E-state index contributed by atoms with van der Waals surface area (Å²) in [5, 5.41) is 31.1. The second kappa shape index (κ2) is 7.32. The summed E-state index contributed by atoms with van der Waals surface area (Å²) in [4.78, 5) is 0. The minimum absolute atomic E-state index is 0.0130. The summed E-state index contributed by atoms with van der Waals surface area (Å²) >= 11 is 0. The Bertz CT molecular complexity index is 920. The monoisotopic (exact) mass is 369 g/mol. The highest BCUT2D eigenvalue weighted by molar-refractivity contribution is 5.84. The third kappa shape index (κ3) is 3.33. The molecule has 0 spiro atoms. The van der Waals surface area contributed by atoms with Gasteiger partial charge in [-0.3, -0.25) is 0 Å². The van der Waals surface area contributed by atoms with Gasteiger partial charge in [0.2, 0.25) is 0 Å². The Morgan fingerprint density at radius 2 is 1.78 bits per heavy atom. The molecule has 6 heteroatoms. The van der Waals surface area contributed by atoms with Gasteiger partial charge in [-0.05, 0) is 23.8 Å². The van der Waals surface area contributed by atoms with Gasteiger partial charge in [-0.15, -0.1) is 0 Å². The number of benzene rings is 2. The highest BCUT2D eigenvalue weighted by Crippen LogP contribution is 2.35. The fraction of sp³-hybridized carbons (Fsp3) is 0.333. The third-order valence-electron chi connectivity index (χ3n) is 5.14. The summed E-state index contributed by atoms with van der Waals surface area (Å²) in [5.41, 5.74) is 2.93. The molecule has 142 valence electrons. The summed E-state index contributed by atoms with van der Waals surface area (Å²) in [7, 11) is 1.64. The Morgan fingerprint density at radius 3 is 2.52 bits per heavy atom. The van der Waals surface area contributed by atoms with Gasteiger partial charge in [0.15, 0.2) is 0 Å². The lowest BCUT2D eigenvalue weighted by Crippen LogP contribution is -2.48. The number of hydrogen-bond acceptors (Lipinski definition) is 5. The minimum atomic E-state index is -1.23. The molecule has 3 aromatic rings. The molecule has 27 heavy (non-hydrogen) atoms. The van der Waals surface area contributed by atoms with E-state index in [4.69, 9.17) is 9.47 Å². The summed E-state index contributed by atoms with van der Waals surface area (Å²) in [5.74, 6) is 0.808. The molecule has 0 saturated carbocycles. The Hall–Kier alpha value is -2.38. The van der Waals surface area contributed by atoms with Crippen LogP contribution in [0.25, 0.3) is 10.9 Å². The Balaban J connectivity index is 1.70. The zero-order valence-corrected chi connectivity index (χ0v) is 15.0. The number of aromatic nitrogens is 1. The lowest BCUT2D eigenvalue weighted by atomic mass is 9.94. The van der Waals surface area contributed by atoms with Crippen molar-refractivity contribution >= 4 is 10.9 Å². The van der Waals surface area contributed by atoms with Gasteiger partial charge in [0, 0.05) is 29.2 Å². The van der Waals surface area contributed by atoms with E-state index in [1.165, 1.54) is 0 Å². The Morgan fingerprint density at radius 1 is 1.04 bits per heavy atom. The van der Waals surface area contributed by atoms with Crippen LogP contribution in [-0.2, 0) is 11.3 Å². The number of aliphatic hydroxyl groups excluding tert-OH is 3. The first-order valence-electron chi connectivity index (χ1n) is 8.95. The molecule has 2 heterocycles. The van der Waals surface area contributed by atoms with E-state index in [1.54, 1.807) is 7.11 Å². The first-order valence-corrected chi connectivity index (χ1v) is 8.95. The molecule has 0 bridgehead atoms. The quantitative estimate of drug-likeness (QED) is 0.654. The van der Waals surface area contributed by atoms with Crippen LogP contribution in [0.3, 0.4) is 0 Å². The van der Waals surface area contributed by atoms with Gasteiger partial charge in [-0.1, -0.05) is 30.3 Å². The van der Waals surface area contributed by atoms with Gasteiger partial charge in [0.25, 0.3) is 0 Å². The van der Waals surface area contributed by atoms with Crippen molar-refractivity contribution in [2.45, 2.75) is 31.0 Å². The van der Waals surface area contributed by atoms with Gasteiger partial charge in [0.1, 0.15) is 30.2 Å². The van der Waals surface area contributed by atoms with E-state index >= 15 is 0 Å². The van der Waals surface area contributed by atoms with E-state index in [0.29, 0.717) is 6.54 Å². The molecule has 1 aliphatic heterocycles. The Kier molecular flexibility index (Phi) is 4.88. The molecule has 4 atom stereocenters. The topological polar surface area (TPSA) is 84.1 Å². The molecule has 2 aromatic carbocycles. The predicted molar refractivity (Wildman–Crippen MR) is 101 cm³/mol. The van der Waals surface area contributed by atoms with E-state index in [0.717, 1.165) is 27.8 Å². The highest BCUT2D eigenvalue weighted by atomic mass is 16.5. The Labute approximate surface area is 157 Å². The van der Waals surface area contributed by atoms with Crippen LogP contribution >= 0.6 is 0 Å². The van der Waals surface area contributed by atoms with E-state index in [2.05, 4.69) is 4.57 Å². The van der Waals surface area contributed by atoms with Gasteiger partial charge >= 0.3 is 0 Å². The van der Waals surface area contributed by atoms with Crippen molar-refractivity contribution in [3.63, 3.8) is 0 Å². The van der Waals surface area contributed by atoms with Crippen molar-refractivity contribution < 1.29 is 24.8 Å². The largest absolute Gasteiger partial charge is 0.497 e. The molecule has 1 aliphatic rings. The van der Waals surface area contributed by atoms with Crippen LogP contribution in [-0.4, -0.2) is 51.9 Å². The third-order valence-corrected chi connectivity index (χ3v) is 5.14.